The van der Waals surface area contributed by atoms with Crippen LogP contribution in [-0.4, -0.2) is 33.2 Å². The van der Waals surface area contributed by atoms with Crippen LogP contribution in [0.1, 0.15) is 6.42 Å². The third-order valence-electron chi connectivity index (χ3n) is 3.50. The molecule has 2 heterocycles. The van der Waals surface area contributed by atoms with Gasteiger partial charge in [0.15, 0.2) is 0 Å². The Hall–Kier alpha value is -2.33. The maximum Gasteiger partial charge on any atom is 0.225 e. The number of aromatic nitrogens is 3. The Morgan fingerprint density at radius 2 is 2.04 bits per heavy atom. The average Bonchev–Trinajstić information content (AvgIpc) is 2.65. The van der Waals surface area contributed by atoms with Gasteiger partial charge in [-0.3, -0.25) is 4.98 Å². The van der Waals surface area contributed by atoms with Crippen LogP contribution < -0.4 is 10.6 Å². The fourth-order valence-electron chi connectivity index (χ4n) is 2.26. The van der Waals surface area contributed by atoms with E-state index in [1.807, 2.05) is 18.2 Å². The highest BCUT2D eigenvalue weighted by molar-refractivity contribution is 14.1. The minimum atomic E-state index is -0.353. The van der Waals surface area contributed by atoms with E-state index in [1.165, 1.54) is 6.07 Å². The first kappa shape index (κ1) is 18.5. The third-order valence-corrected chi connectivity index (χ3v) is 4.17. The number of benzene rings is 1. The van der Waals surface area contributed by atoms with Gasteiger partial charge in [-0.15, -0.1) is 0 Å². The van der Waals surface area contributed by atoms with Crippen molar-refractivity contribution in [2.75, 3.05) is 23.8 Å². The van der Waals surface area contributed by atoms with Crippen LogP contribution in [-0.2, 0) is 0 Å². The van der Waals surface area contributed by atoms with Gasteiger partial charge in [0.25, 0.3) is 0 Å². The number of aliphatic hydroxyl groups is 1. The summed E-state index contributed by atoms with van der Waals surface area (Å²) in [7, 11) is 0. The molecule has 0 radical (unpaired) electrons. The Bertz CT molecular complexity index is 879. The minimum absolute atomic E-state index is 0.0776. The first-order valence-electron chi connectivity index (χ1n) is 8.02. The summed E-state index contributed by atoms with van der Waals surface area (Å²) < 4.78 is 15.0. The van der Waals surface area contributed by atoms with Crippen molar-refractivity contribution in [1.29, 1.82) is 0 Å². The smallest absolute Gasteiger partial charge is 0.225 e. The van der Waals surface area contributed by atoms with Crippen molar-refractivity contribution in [2.45, 2.75) is 6.42 Å². The lowest BCUT2D eigenvalue weighted by Gasteiger charge is -2.12. The normalized spacial score (nSPS) is 10.6. The lowest BCUT2D eigenvalue weighted by atomic mass is 10.2. The lowest BCUT2D eigenvalue weighted by Crippen LogP contribution is -2.09. The summed E-state index contributed by atoms with van der Waals surface area (Å²) in [6.45, 7) is 0.610. The molecule has 0 amide bonds. The second kappa shape index (κ2) is 8.86. The first-order valence-corrected chi connectivity index (χ1v) is 9.10. The van der Waals surface area contributed by atoms with Gasteiger partial charge in [0, 0.05) is 40.7 Å². The predicted octanol–water partition coefficient (Wildman–Crippen LogP) is 3.82. The molecule has 8 heteroatoms. The molecule has 26 heavy (non-hydrogen) atoms. The molecule has 3 aromatic rings. The van der Waals surface area contributed by atoms with Gasteiger partial charge < -0.3 is 15.7 Å². The molecule has 0 aliphatic carbocycles. The second-order valence-corrected chi connectivity index (χ2v) is 6.70. The quantitative estimate of drug-likeness (QED) is 0.364. The number of nitrogens with zero attached hydrogens (tertiary/aromatic N) is 3. The van der Waals surface area contributed by atoms with Crippen molar-refractivity contribution in [3.05, 3.63) is 58.2 Å². The molecule has 134 valence electrons. The van der Waals surface area contributed by atoms with E-state index in [0.29, 0.717) is 36.1 Å². The monoisotopic (exact) mass is 465 g/mol. The Kier molecular flexibility index (Phi) is 6.29. The van der Waals surface area contributed by atoms with Crippen molar-refractivity contribution in [1.82, 2.24) is 15.0 Å². The summed E-state index contributed by atoms with van der Waals surface area (Å²) in [5, 5.41) is 15.0. The molecule has 0 saturated carbocycles. The highest BCUT2D eigenvalue weighted by atomic mass is 127. The van der Waals surface area contributed by atoms with Gasteiger partial charge in [0.2, 0.25) is 5.95 Å². The van der Waals surface area contributed by atoms with E-state index in [4.69, 9.17) is 5.11 Å². The number of halogens is 2. The van der Waals surface area contributed by atoms with Gasteiger partial charge in [-0.25, -0.2) is 9.37 Å². The fraction of sp³-hybridized carbons (Fsp3) is 0.167. The summed E-state index contributed by atoms with van der Waals surface area (Å²) >= 11 is 2.06. The van der Waals surface area contributed by atoms with Crippen LogP contribution in [0.25, 0.3) is 11.3 Å². The maximum atomic E-state index is 14.1. The second-order valence-electron chi connectivity index (χ2n) is 5.46. The molecule has 6 nitrogen and oxygen atoms in total. The molecule has 1 aromatic carbocycles. The molecule has 0 saturated heterocycles. The third kappa shape index (κ3) is 4.85. The van der Waals surface area contributed by atoms with Crippen LogP contribution in [0.4, 0.5) is 21.8 Å². The van der Waals surface area contributed by atoms with Crippen molar-refractivity contribution in [2.24, 2.45) is 0 Å². The Morgan fingerprint density at radius 3 is 2.77 bits per heavy atom. The predicted molar refractivity (Wildman–Crippen MR) is 108 cm³/mol. The van der Waals surface area contributed by atoms with Crippen molar-refractivity contribution in [3.8, 4) is 11.3 Å². The van der Waals surface area contributed by atoms with E-state index in [1.54, 1.807) is 24.5 Å². The SMILES string of the molecule is OCCCNc1nc(Nc2ccc(I)cc2F)cc(-c2cccnc2)n1. The van der Waals surface area contributed by atoms with E-state index in [-0.39, 0.29) is 12.4 Å². The van der Waals surface area contributed by atoms with Crippen molar-refractivity contribution in [3.63, 3.8) is 0 Å². The van der Waals surface area contributed by atoms with Crippen LogP contribution >= 0.6 is 22.6 Å². The van der Waals surface area contributed by atoms with Crippen molar-refractivity contribution < 1.29 is 9.50 Å². The average molecular weight is 465 g/mol. The van der Waals surface area contributed by atoms with Crippen LogP contribution in [0.5, 0.6) is 0 Å². The van der Waals surface area contributed by atoms with E-state index in [0.717, 1.165) is 9.13 Å². The molecule has 3 N–H and O–H groups in total. The highest BCUT2D eigenvalue weighted by Gasteiger charge is 2.09. The van der Waals surface area contributed by atoms with Gasteiger partial charge in [-0.05, 0) is 59.3 Å². The standard InChI is InChI=1S/C18H17FIN5O/c19-14-9-13(20)4-5-15(14)23-17-10-16(12-3-1-6-21-11-12)24-18(25-17)22-7-2-8-26/h1,3-6,9-11,26H,2,7-8H2,(H2,22,23,24,25). The van der Waals surface area contributed by atoms with E-state index in [9.17, 15) is 4.39 Å². The molecule has 0 aliphatic heterocycles. The Morgan fingerprint density at radius 1 is 1.15 bits per heavy atom. The van der Waals surface area contributed by atoms with Crippen molar-refractivity contribution >= 4 is 40.0 Å². The summed E-state index contributed by atoms with van der Waals surface area (Å²) in [6.07, 6.45) is 3.97. The van der Waals surface area contributed by atoms with Gasteiger partial charge in [0.05, 0.1) is 11.4 Å². The van der Waals surface area contributed by atoms with E-state index >= 15 is 0 Å². The zero-order valence-electron chi connectivity index (χ0n) is 13.8. The number of rotatable bonds is 7. The first-order chi connectivity index (χ1) is 12.7. The van der Waals surface area contributed by atoms with Gasteiger partial charge in [0.1, 0.15) is 11.6 Å². The minimum Gasteiger partial charge on any atom is -0.396 e. The number of nitrogens with one attached hydrogen (secondary N) is 2. The van der Waals surface area contributed by atoms with Crippen LogP contribution in [0.15, 0.2) is 48.8 Å². The largest absolute Gasteiger partial charge is 0.396 e. The number of aliphatic hydroxyl groups excluding tert-OH is 1. The molecular formula is C18H17FIN5O. The van der Waals surface area contributed by atoms with E-state index in [2.05, 4.69) is 48.2 Å². The topological polar surface area (TPSA) is 83.0 Å². The van der Waals surface area contributed by atoms with Gasteiger partial charge in [-0.1, -0.05) is 0 Å². The van der Waals surface area contributed by atoms with E-state index < -0.39 is 0 Å². The molecule has 0 spiro atoms. The molecule has 2 aromatic heterocycles. The van der Waals surface area contributed by atoms with Crippen LogP contribution in [0.2, 0.25) is 0 Å². The molecule has 0 atom stereocenters. The molecule has 0 unspecified atom stereocenters. The summed E-state index contributed by atoms with van der Waals surface area (Å²) in [4.78, 5) is 13.0. The van der Waals surface area contributed by atoms with Gasteiger partial charge >= 0.3 is 0 Å². The molecule has 0 fully saturated rings. The van der Waals surface area contributed by atoms with Crippen LogP contribution in [0.3, 0.4) is 0 Å². The Balaban J connectivity index is 1.93. The number of pyridine rings is 1. The molecule has 0 aliphatic rings. The Labute approximate surface area is 164 Å². The number of hydrogen-bond acceptors (Lipinski definition) is 6. The van der Waals surface area contributed by atoms with Gasteiger partial charge in [-0.2, -0.15) is 4.98 Å². The maximum absolute atomic E-state index is 14.1. The summed E-state index contributed by atoms with van der Waals surface area (Å²) in [5.41, 5.74) is 1.82. The molecule has 0 bridgehead atoms. The number of anilines is 3. The summed E-state index contributed by atoms with van der Waals surface area (Å²) in [6, 6.07) is 10.4. The molecular weight excluding hydrogens is 448 g/mol. The van der Waals surface area contributed by atoms with Crippen LogP contribution in [0, 0.1) is 9.39 Å². The highest BCUT2D eigenvalue weighted by Crippen LogP contribution is 2.25. The number of hydrogen-bond donors (Lipinski definition) is 3. The fourth-order valence-corrected chi connectivity index (χ4v) is 2.71. The lowest BCUT2D eigenvalue weighted by molar-refractivity contribution is 0.292. The zero-order chi connectivity index (χ0) is 18.4. The zero-order valence-corrected chi connectivity index (χ0v) is 15.9. The summed E-state index contributed by atoms with van der Waals surface area (Å²) in [5.74, 6) is 0.506. The molecule has 3 rings (SSSR count).